The van der Waals surface area contributed by atoms with Crippen molar-refractivity contribution in [3.63, 3.8) is 0 Å². The highest BCUT2D eigenvalue weighted by atomic mass is 19.1. The molecule has 0 radical (unpaired) electrons. The summed E-state index contributed by atoms with van der Waals surface area (Å²) in [5.74, 6) is -1.04. The number of hydrogen-bond acceptors (Lipinski definition) is 7. The Kier molecular flexibility index (Phi) is 10.1. The van der Waals surface area contributed by atoms with Gasteiger partial charge in [0.15, 0.2) is 11.6 Å². The quantitative estimate of drug-likeness (QED) is 0.147. The zero-order valence-corrected chi connectivity index (χ0v) is 27.6. The molecule has 2 heterocycles. The number of ether oxygens (including phenoxy) is 1. The van der Waals surface area contributed by atoms with E-state index in [4.69, 9.17) is 4.74 Å². The highest BCUT2D eigenvalue weighted by Crippen LogP contribution is 2.30. The summed E-state index contributed by atoms with van der Waals surface area (Å²) < 4.78 is 21.4. The summed E-state index contributed by atoms with van der Waals surface area (Å²) in [6.07, 6.45) is 6.08. The lowest BCUT2D eigenvalue weighted by Gasteiger charge is -2.34. The molecular formula is C37H43FN6O3. The van der Waals surface area contributed by atoms with E-state index in [0.717, 1.165) is 29.5 Å². The molecule has 10 heteroatoms. The van der Waals surface area contributed by atoms with Crippen LogP contribution in [0.4, 0.5) is 26.5 Å². The molecule has 0 spiro atoms. The molecule has 4 N–H and O–H groups in total. The average Bonchev–Trinajstić information content (AvgIpc) is 3.03. The zero-order chi connectivity index (χ0) is 33.6. The summed E-state index contributed by atoms with van der Waals surface area (Å²) in [4.78, 5) is 35.4. The molecule has 4 aromatic rings. The van der Waals surface area contributed by atoms with Crippen molar-refractivity contribution < 1.29 is 18.7 Å². The Morgan fingerprint density at radius 2 is 1.49 bits per heavy atom. The minimum Gasteiger partial charge on any atom is -0.444 e. The van der Waals surface area contributed by atoms with Gasteiger partial charge in [-0.3, -0.25) is 9.78 Å². The normalized spacial score (nSPS) is 16.6. The predicted molar refractivity (Wildman–Crippen MR) is 183 cm³/mol. The first-order valence-electron chi connectivity index (χ1n) is 16.0. The second kappa shape index (κ2) is 14.2. The fraction of sp³-hybridized carbons (Fsp3) is 0.351. The first-order chi connectivity index (χ1) is 22.4. The van der Waals surface area contributed by atoms with Crippen LogP contribution in [0.25, 0.3) is 11.1 Å². The summed E-state index contributed by atoms with van der Waals surface area (Å²) in [5, 5.41) is 12.5. The van der Waals surface area contributed by atoms with Gasteiger partial charge >= 0.3 is 6.09 Å². The smallest absolute Gasteiger partial charge is 0.407 e. The molecule has 2 unspecified atom stereocenters. The molecule has 1 aliphatic carbocycles. The summed E-state index contributed by atoms with van der Waals surface area (Å²) in [7, 11) is 0. The molecule has 2 aromatic carbocycles. The fourth-order valence-corrected chi connectivity index (χ4v) is 5.68. The van der Waals surface area contributed by atoms with Crippen LogP contribution in [0, 0.1) is 5.82 Å². The Morgan fingerprint density at radius 3 is 2.17 bits per heavy atom. The average molecular weight is 639 g/mol. The number of alkyl carbamates (subject to hydrolysis) is 1. The first-order valence-corrected chi connectivity index (χ1v) is 16.0. The van der Waals surface area contributed by atoms with E-state index >= 15 is 4.39 Å². The van der Waals surface area contributed by atoms with Crippen molar-refractivity contribution in [2.45, 2.75) is 83.5 Å². The van der Waals surface area contributed by atoms with Crippen LogP contribution in [0.15, 0.2) is 85.2 Å². The molecule has 47 heavy (non-hydrogen) atoms. The lowest BCUT2D eigenvalue weighted by atomic mass is 9.90. The van der Waals surface area contributed by atoms with Crippen molar-refractivity contribution in [3.8, 4) is 11.1 Å². The second-order valence-corrected chi connectivity index (χ2v) is 13.4. The molecule has 0 aliphatic heterocycles. The van der Waals surface area contributed by atoms with Crippen LogP contribution in [-0.2, 0) is 10.3 Å². The van der Waals surface area contributed by atoms with Crippen molar-refractivity contribution in [3.05, 3.63) is 102 Å². The Balaban J connectivity index is 1.46. The first kappa shape index (κ1) is 33.4. The predicted octanol–water partition coefficient (Wildman–Crippen LogP) is 7.94. The highest BCUT2D eigenvalue weighted by Gasteiger charge is 2.31. The van der Waals surface area contributed by atoms with E-state index < -0.39 is 29.0 Å². The number of nitrogens with one attached hydrogen (secondary N) is 4. The number of aromatic nitrogens is 2. The van der Waals surface area contributed by atoms with Crippen molar-refractivity contribution in [2.24, 2.45) is 0 Å². The number of anilines is 3. The number of amides is 2. The van der Waals surface area contributed by atoms with Gasteiger partial charge in [0, 0.05) is 17.8 Å². The van der Waals surface area contributed by atoms with E-state index in [9.17, 15) is 9.59 Å². The van der Waals surface area contributed by atoms with Gasteiger partial charge in [-0.2, -0.15) is 0 Å². The maximum atomic E-state index is 15.9. The number of hydrogen-bond donors (Lipinski definition) is 4. The van der Waals surface area contributed by atoms with E-state index in [1.165, 1.54) is 6.07 Å². The number of carbonyl (C=O) groups excluding carboxylic acids is 2. The van der Waals surface area contributed by atoms with Gasteiger partial charge in [-0.05, 0) is 70.7 Å². The molecule has 2 atom stereocenters. The maximum absolute atomic E-state index is 15.9. The summed E-state index contributed by atoms with van der Waals surface area (Å²) in [6.45, 7) is 9.20. The van der Waals surface area contributed by atoms with Crippen LogP contribution in [0.1, 0.15) is 76.2 Å². The van der Waals surface area contributed by atoms with E-state index in [2.05, 4.69) is 31.2 Å². The molecule has 1 aliphatic rings. The van der Waals surface area contributed by atoms with Crippen LogP contribution in [0.3, 0.4) is 0 Å². The number of pyridine rings is 2. The molecular weight excluding hydrogens is 595 g/mol. The molecule has 2 aromatic heterocycles. The van der Waals surface area contributed by atoms with Crippen LogP contribution in [-0.4, -0.2) is 39.7 Å². The van der Waals surface area contributed by atoms with E-state index in [1.807, 2.05) is 80.6 Å². The van der Waals surface area contributed by atoms with Crippen LogP contribution in [0.2, 0.25) is 0 Å². The molecule has 1 fully saturated rings. The van der Waals surface area contributed by atoms with Crippen molar-refractivity contribution in [1.82, 2.24) is 20.6 Å². The third-order valence-electron chi connectivity index (χ3n) is 8.04. The minimum absolute atomic E-state index is 0.0265. The number of benzene rings is 2. The lowest BCUT2D eigenvalue weighted by molar-refractivity contribution is 0.0488. The Bertz CT molecular complexity index is 1690. The van der Waals surface area contributed by atoms with Gasteiger partial charge in [0.1, 0.15) is 11.4 Å². The standard InChI is InChI=1S/C37H43FN6O3/c1-36(2,3)47-35(46)42-31-19-13-12-18-30(31)41-33-29(38)21-28(34(45)44-37(4,5)26-16-10-7-11-17-26)32(43-33)40-27-20-25(22-39-23-27)24-14-8-6-9-15-24/h6-11,14-17,20-23,30-31H,12-13,18-19H2,1-5H3,(H,42,46)(H,44,45)(H2,40,41,43). The fourth-order valence-electron chi connectivity index (χ4n) is 5.68. The minimum atomic E-state index is -0.750. The number of nitrogens with zero attached hydrogens (tertiary/aromatic N) is 2. The van der Waals surface area contributed by atoms with Gasteiger partial charge in [-0.1, -0.05) is 73.5 Å². The lowest BCUT2D eigenvalue weighted by Crippen LogP contribution is -2.50. The van der Waals surface area contributed by atoms with Gasteiger partial charge in [0.2, 0.25) is 0 Å². The Labute approximate surface area is 275 Å². The van der Waals surface area contributed by atoms with Crippen molar-refractivity contribution in [1.29, 1.82) is 0 Å². The van der Waals surface area contributed by atoms with E-state index in [0.29, 0.717) is 18.5 Å². The van der Waals surface area contributed by atoms with E-state index in [-0.39, 0.29) is 29.3 Å². The van der Waals surface area contributed by atoms with Crippen LogP contribution in [0.5, 0.6) is 0 Å². The summed E-state index contributed by atoms with van der Waals surface area (Å²) in [5.41, 5.74) is 1.96. The third kappa shape index (κ3) is 8.84. The SMILES string of the molecule is CC(C)(C)OC(=O)NC1CCCCC1Nc1nc(Nc2cncc(-c3ccccc3)c2)c(C(=O)NC(C)(C)c2ccccc2)cc1F. The van der Waals surface area contributed by atoms with Gasteiger partial charge in [-0.25, -0.2) is 14.2 Å². The van der Waals surface area contributed by atoms with Crippen molar-refractivity contribution in [2.75, 3.05) is 10.6 Å². The van der Waals surface area contributed by atoms with Gasteiger partial charge < -0.3 is 26.0 Å². The molecule has 0 saturated heterocycles. The largest absolute Gasteiger partial charge is 0.444 e. The monoisotopic (exact) mass is 638 g/mol. The van der Waals surface area contributed by atoms with Crippen LogP contribution < -0.4 is 21.3 Å². The molecule has 246 valence electrons. The van der Waals surface area contributed by atoms with Gasteiger partial charge in [0.25, 0.3) is 5.91 Å². The molecule has 2 amide bonds. The zero-order valence-electron chi connectivity index (χ0n) is 27.6. The van der Waals surface area contributed by atoms with Gasteiger partial charge in [0.05, 0.1) is 29.0 Å². The Hall–Kier alpha value is -4.99. The summed E-state index contributed by atoms with van der Waals surface area (Å²) >= 11 is 0. The topological polar surface area (TPSA) is 117 Å². The van der Waals surface area contributed by atoms with Crippen molar-refractivity contribution >= 4 is 29.3 Å². The number of carbonyl (C=O) groups is 2. The molecule has 0 bridgehead atoms. The maximum Gasteiger partial charge on any atom is 0.407 e. The third-order valence-corrected chi connectivity index (χ3v) is 8.04. The number of rotatable bonds is 9. The molecule has 5 rings (SSSR count). The Morgan fingerprint density at radius 1 is 0.830 bits per heavy atom. The molecule has 9 nitrogen and oxygen atoms in total. The molecule has 1 saturated carbocycles. The second-order valence-electron chi connectivity index (χ2n) is 13.4. The number of halogens is 1. The highest BCUT2D eigenvalue weighted by molar-refractivity contribution is 6.00. The van der Waals surface area contributed by atoms with E-state index in [1.54, 1.807) is 33.2 Å². The van der Waals surface area contributed by atoms with Gasteiger partial charge in [-0.15, -0.1) is 0 Å². The summed E-state index contributed by atoms with van der Waals surface area (Å²) in [6, 6.07) is 21.9. The van der Waals surface area contributed by atoms with Crippen LogP contribution >= 0.6 is 0 Å².